The molecule has 0 fully saturated rings. The van der Waals surface area contributed by atoms with Crippen molar-refractivity contribution in [3.05, 3.63) is 47.9 Å². The number of carbonyl (C=O) groups excluding carboxylic acids is 1. The Labute approximate surface area is 122 Å². The van der Waals surface area contributed by atoms with Crippen LogP contribution in [0.5, 0.6) is 5.75 Å². The number of rotatable bonds is 6. The number of amides is 1. The van der Waals surface area contributed by atoms with Gasteiger partial charge in [-0.3, -0.25) is 9.78 Å². The van der Waals surface area contributed by atoms with Crippen molar-refractivity contribution in [2.75, 3.05) is 19.1 Å². The first-order valence-electron chi connectivity index (χ1n) is 6.42. The van der Waals surface area contributed by atoms with Crippen molar-refractivity contribution >= 4 is 11.7 Å². The molecule has 2 aromatic rings. The number of anilines is 1. The number of carbonyl (C=O) groups is 1. The lowest BCUT2D eigenvalue weighted by molar-refractivity contribution is 0.0949. The van der Waals surface area contributed by atoms with E-state index in [1.165, 1.54) is 12.4 Å². The second kappa shape index (κ2) is 7.20. The van der Waals surface area contributed by atoms with Gasteiger partial charge in [0.25, 0.3) is 5.91 Å². The average Bonchev–Trinajstić information content (AvgIpc) is 2.55. The summed E-state index contributed by atoms with van der Waals surface area (Å²) in [7, 11) is 1.63. The molecular weight excluding hydrogens is 270 g/mol. The Morgan fingerprint density at radius 1 is 1.29 bits per heavy atom. The van der Waals surface area contributed by atoms with E-state index < -0.39 is 0 Å². The van der Waals surface area contributed by atoms with Crippen LogP contribution in [0.15, 0.2) is 36.7 Å². The molecule has 1 aromatic carbocycles. The second-order valence-corrected chi connectivity index (χ2v) is 4.29. The minimum absolute atomic E-state index is 0.222. The quantitative estimate of drug-likeness (QED) is 0.535. The summed E-state index contributed by atoms with van der Waals surface area (Å²) < 4.78 is 5.09. The lowest BCUT2D eigenvalue weighted by atomic mass is 10.1. The summed E-state index contributed by atoms with van der Waals surface area (Å²) in [5.74, 6) is 6.09. The van der Waals surface area contributed by atoms with Crippen molar-refractivity contribution < 1.29 is 9.53 Å². The summed E-state index contributed by atoms with van der Waals surface area (Å²) in [4.78, 5) is 19.8. The van der Waals surface area contributed by atoms with Crippen molar-refractivity contribution in [2.45, 2.75) is 6.42 Å². The standard InChI is InChI=1S/C14H17N5O2/c1-21-11-4-2-10(3-5-11)6-7-17-14(20)12-8-16-9-13(18-12)19-15/h2-5,8-9H,6-7,15H2,1H3,(H,17,20)(H,18,19). The second-order valence-electron chi connectivity index (χ2n) is 4.29. The van der Waals surface area contributed by atoms with Gasteiger partial charge in [-0.05, 0) is 24.1 Å². The average molecular weight is 287 g/mol. The predicted octanol–water partition coefficient (Wildman–Crippen LogP) is 0.743. The summed E-state index contributed by atoms with van der Waals surface area (Å²) in [5, 5.41) is 2.79. The van der Waals surface area contributed by atoms with Gasteiger partial charge in [0.05, 0.1) is 19.5 Å². The lowest BCUT2D eigenvalue weighted by Crippen LogP contribution is -2.27. The molecule has 2 rings (SSSR count). The first kappa shape index (κ1) is 14.7. The molecular formula is C14H17N5O2. The van der Waals surface area contributed by atoms with E-state index in [0.717, 1.165) is 17.7 Å². The van der Waals surface area contributed by atoms with Crippen LogP contribution in [0.3, 0.4) is 0 Å². The number of methoxy groups -OCH3 is 1. The third-order valence-corrected chi connectivity index (χ3v) is 2.87. The molecule has 1 amide bonds. The normalized spacial score (nSPS) is 10.0. The van der Waals surface area contributed by atoms with Gasteiger partial charge < -0.3 is 15.5 Å². The molecule has 0 atom stereocenters. The van der Waals surface area contributed by atoms with Crippen molar-refractivity contribution in [2.24, 2.45) is 5.84 Å². The van der Waals surface area contributed by atoms with Crippen molar-refractivity contribution in [1.82, 2.24) is 15.3 Å². The summed E-state index contributed by atoms with van der Waals surface area (Å²) in [6.07, 6.45) is 3.55. The minimum atomic E-state index is -0.284. The molecule has 21 heavy (non-hydrogen) atoms. The van der Waals surface area contributed by atoms with Crippen LogP contribution in [0, 0.1) is 0 Å². The van der Waals surface area contributed by atoms with Crippen molar-refractivity contribution in [1.29, 1.82) is 0 Å². The Kier molecular flexibility index (Phi) is 5.05. The lowest BCUT2D eigenvalue weighted by Gasteiger charge is -2.06. The molecule has 1 aromatic heterocycles. The van der Waals surface area contributed by atoms with E-state index in [-0.39, 0.29) is 11.6 Å². The minimum Gasteiger partial charge on any atom is -0.497 e. The number of aromatic nitrogens is 2. The topological polar surface area (TPSA) is 102 Å². The van der Waals surface area contributed by atoms with Gasteiger partial charge in [-0.2, -0.15) is 0 Å². The summed E-state index contributed by atoms with van der Waals surface area (Å²) in [5.41, 5.74) is 3.68. The van der Waals surface area contributed by atoms with Gasteiger partial charge in [0, 0.05) is 6.54 Å². The molecule has 110 valence electrons. The highest BCUT2D eigenvalue weighted by molar-refractivity contribution is 5.92. The summed E-state index contributed by atoms with van der Waals surface area (Å²) >= 11 is 0. The number of benzene rings is 1. The van der Waals surface area contributed by atoms with E-state index in [1.54, 1.807) is 7.11 Å². The van der Waals surface area contributed by atoms with Crippen LogP contribution in [0.1, 0.15) is 16.1 Å². The van der Waals surface area contributed by atoms with E-state index >= 15 is 0 Å². The number of nitrogens with zero attached hydrogens (tertiary/aromatic N) is 2. The Balaban J connectivity index is 1.85. The van der Waals surface area contributed by atoms with Crippen molar-refractivity contribution in [3.8, 4) is 5.75 Å². The molecule has 0 radical (unpaired) electrons. The Morgan fingerprint density at radius 2 is 2.05 bits per heavy atom. The van der Waals surface area contributed by atoms with Gasteiger partial charge in [-0.25, -0.2) is 10.8 Å². The maximum absolute atomic E-state index is 11.9. The van der Waals surface area contributed by atoms with Gasteiger partial charge in [0.1, 0.15) is 11.4 Å². The molecule has 0 saturated heterocycles. The summed E-state index contributed by atoms with van der Waals surface area (Å²) in [6.45, 7) is 0.507. The molecule has 0 aliphatic rings. The highest BCUT2D eigenvalue weighted by Gasteiger charge is 2.07. The van der Waals surface area contributed by atoms with Crippen LogP contribution >= 0.6 is 0 Å². The molecule has 0 saturated carbocycles. The van der Waals surface area contributed by atoms with Crippen molar-refractivity contribution in [3.63, 3.8) is 0 Å². The number of hydrogen-bond acceptors (Lipinski definition) is 6. The van der Waals surface area contributed by atoms with Crippen LogP contribution in [-0.2, 0) is 6.42 Å². The molecule has 4 N–H and O–H groups in total. The molecule has 0 aliphatic carbocycles. The maximum Gasteiger partial charge on any atom is 0.271 e. The third-order valence-electron chi connectivity index (χ3n) is 2.87. The van der Waals surface area contributed by atoms with Crippen LogP contribution in [-0.4, -0.2) is 29.5 Å². The van der Waals surface area contributed by atoms with E-state index in [1.807, 2.05) is 24.3 Å². The highest BCUT2D eigenvalue weighted by atomic mass is 16.5. The Hall–Kier alpha value is -2.67. The molecule has 0 bridgehead atoms. The Morgan fingerprint density at radius 3 is 2.71 bits per heavy atom. The van der Waals surface area contributed by atoms with Crippen LogP contribution in [0.25, 0.3) is 0 Å². The fourth-order valence-corrected chi connectivity index (χ4v) is 1.75. The summed E-state index contributed by atoms with van der Waals surface area (Å²) in [6, 6.07) is 7.70. The van der Waals surface area contributed by atoms with E-state index in [0.29, 0.717) is 12.4 Å². The number of hydrazine groups is 1. The Bertz CT molecular complexity index is 601. The monoisotopic (exact) mass is 287 g/mol. The zero-order valence-corrected chi connectivity index (χ0v) is 11.7. The molecule has 7 heteroatoms. The van der Waals surface area contributed by atoms with E-state index in [2.05, 4.69) is 20.7 Å². The molecule has 0 spiro atoms. The first-order valence-corrected chi connectivity index (χ1v) is 6.42. The number of ether oxygens (including phenoxy) is 1. The van der Waals surface area contributed by atoms with Gasteiger partial charge >= 0.3 is 0 Å². The van der Waals surface area contributed by atoms with Gasteiger partial charge in [-0.1, -0.05) is 12.1 Å². The van der Waals surface area contributed by atoms with Crippen LogP contribution < -0.4 is 21.3 Å². The molecule has 0 unspecified atom stereocenters. The zero-order chi connectivity index (χ0) is 15.1. The van der Waals surface area contributed by atoms with Gasteiger partial charge in [0.15, 0.2) is 5.82 Å². The van der Waals surface area contributed by atoms with Gasteiger partial charge in [0.2, 0.25) is 0 Å². The van der Waals surface area contributed by atoms with Gasteiger partial charge in [-0.15, -0.1) is 0 Å². The maximum atomic E-state index is 11.9. The predicted molar refractivity (Wildman–Crippen MR) is 78.9 cm³/mol. The highest BCUT2D eigenvalue weighted by Crippen LogP contribution is 2.11. The fraction of sp³-hybridized carbons (Fsp3) is 0.214. The number of nitrogens with two attached hydrogens (primary N) is 1. The van der Waals surface area contributed by atoms with E-state index in [9.17, 15) is 4.79 Å². The van der Waals surface area contributed by atoms with Crippen LogP contribution in [0.2, 0.25) is 0 Å². The number of nitrogen functional groups attached to an aromatic ring is 1. The van der Waals surface area contributed by atoms with Crippen LogP contribution in [0.4, 0.5) is 5.82 Å². The first-order chi connectivity index (χ1) is 10.2. The molecule has 0 aliphatic heterocycles. The fourth-order valence-electron chi connectivity index (χ4n) is 1.75. The number of hydrogen-bond donors (Lipinski definition) is 3. The zero-order valence-electron chi connectivity index (χ0n) is 11.7. The SMILES string of the molecule is COc1ccc(CCNC(=O)c2cncc(NN)n2)cc1. The van der Waals surface area contributed by atoms with E-state index in [4.69, 9.17) is 10.6 Å². The smallest absolute Gasteiger partial charge is 0.271 e. The molecule has 7 nitrogen and oxygen atoms in total. The molecule has 1 heterocycles. The number of nitrogens with one attached hydrogen (secondary N) is 2. The largest absolute Gasteiger partial charge is 0.497 e. The third kappa shape index (κ3) is 4.15.